The lowest BCUT2D eigenvalue weighted by atomic mass is 10.1. The summed E-state index contributed by atoms with van der Waals surface area (Å²) in [5.41, 5.74) is -1.23. The Kier molecular flexibility index (Phi) is 9.90. The van der Waals surface area contributed by atoms with Crippen molar-refractivity contribution in [3.63, 3.8) is 0 Å². The van der Waals surface area contributed by atoms with E-state index in [-0.39, 0.29) is 22.5 Å². The SMILES string of the molecule is O=C(Nc1ccc(C(=O)NS(=O)(=O)c2ccc(NCCSc3ccccc3)c([N+](=O)[O-])c2)cc1)c1ccc(C(F)(F)F)cc1. The number of sulfonamides is 1. The van der Waals surface area contributed by atoms with Crippen LogP contribution in [0.5, 0.6) is 0 Å². The topological polar surface area (TPSA) is 148 Å². The number of hydrogen-bond donors (Lipinski definition) is 3. The maximum Gasteiger partial charge on any atom is 0.416 e. The molecule has 0 saturated carbocycles. The number of nitro benzene ring substituents is 1. The first kappa shape index (κ1) is 32.0. The third kappa shape index (κ3) is 8.35. The van der Waals surface area contributed by atoms with Gasteiger partial charge in [-0.15, -0.1) is 11.8 Å². The number of carbonyl (C=O) groups is 2. The number of alkyl halides is 3. The predicted octanol–water partition coefficient (Wildman–Crippen LogP) is 6.19. The number of benzene rings is 4. The zero-order chi connectivity index (χ0) is 31.9. The third-order valence-electron chi connectivity index (χ3n) is 6.01. The van der Waals surface area contributed by atoms with Crippen LogP contribution in [0, 0.1) is 10.1 Å². The maximum absolute atomic E-state index is 12.9. The van der Waals surface area contributed by atoms with E-state index in [0.717, 1.165) is 41.3 Å². The molecule has 0 aliphatic carbocycles. The number of amides is 2. The molecule has 0 bridgehead atoms. The van der Waals surface area contributed by atoms with Crippen LogP contribution in [0.1, 0.15) is 26.3 Å². The van der Waals surface area contributed by atoms with E-state index in [4.69, 9.17) is 0 Å². The second kappa shape index (κ2) is 13.6. The average Bonchev–Trinajstić information content (AvgIpc) is 2.99. The molecule has 0 atom stereocenters. The molecule has 0 fully saturated rings. The fourth-order valence-corrected chi connectivity index (χ4v) is 5.59. The van der Waals surface area contributed by atoms with Gasteiger partial charge < -0.3 is 10.6 Å². The minimum atomic E-state index is -4.55. The number of nitrogens with zero attached hydrogens (tertiary/aromatic N) is 1. The van der Waals surface area contributed by atoms with Crippen LogP contribution in [0.2, 0.25) is 0 Å². The Balaban J connectivity index is 1.37. The third-order valence-corrected chi connectivity index (χ3v) is 8.35. The summed E-state index contributed by atoms with van der Waals surface area (Å²) in [6, 6.07) is 21.4. The van der Waals surface area contributed by atoms with Gasteiger partial charge in [-0.05, 0) is 72.8 Å². The van der Waals surface area contributed by atoms with E-state index < -0.39 is 49.1 Å². The molecule has 0 aliphatic heterocycles. The van der Waals surface area contributed by atoms with Gasteiger partial charge in [0.2, 0.25) is 0 Å². The zero-order valence-electron chi connectivity index (χ0n) is 22.5. The Morgan fingerprint density at radius 3 is 2.07 bits per heavy atom. The van der Waals surface area contributed by atoms with Crippen molar-refractivity contribution in [2.45, 2.75) is 16.0 Å². The Morgan fingerprint density at radius 1 is 0.841 bits per heavy atom. The lowest BCUT2D eigenvalue weighted by Crippen LogP contribution is -2.30. The van der Waals surface area contributed by atoms with Gasteiger partial charge in [0.25, 0.3) is 27.5 Å². The van der Waals surface area contributed by atoms with Crippen molar-refractivity contribution in [1.82, 2.24) is 4.72 Å². The summed E-state index contributed by atoms with van der Waals surface area (Å²) < 4.78 is 65.8. The number of anilines is 2. The molecule has 0 heterocycles. The summed E-state index contributed by atoms with van der Waals surface area (Å²) in [5, 5.41) is 17.0. The fourth-order valence-electron chi connectivity index (χ4n) is 3.81. The summed E-state index contributed by atoms with van der Waals surface area (Å²) in [6.07, 6.45) is -4.55. The van der Waals surface area contributed by atoms with Gasteiger partial charge in [-0.2, -0.15) is 13.2 Å². The van der Waals surface area contributed by atoms with Crippen LogP contribution in [0.4, 0.5) is 30.2 Å². The highest BCUT2D eigenvalue weighted by Gasteiger charge is 2.30. The first-order valence-electron chi connectivity index (χ1n) is 12.7. The van der Waals surface area contributed by atoms with Crippen molar-refractivity contribution < 1.29 is 36.1 Å². The highest BCUT2D eigenvalue weighted by molar-refractivity contribution is 7.99. The molecule has 3 N–H and O–H groups in total. The van der Waals surface area contributed by atoms with Crippen LogP contribution < -0.4 is 15.4 Å². The van der Waals surface area contributed by atoms with E-state index in [1.165, 1.54) is 42.1 Å². The van der Waals surface area contributed by atoms with Crippen molar-refractivity contribution in [3.05, 3.63) is 124 Å². The molecule has 44 heavy (non-hydrogen) atoms. The molecule has 0 radical (unpaired) electrons. The summed E-state index contributed by atoms with van der Waals surface area (Å²) >= 11 is 1.54. The predicted molar refractivity (Wildman–Crippen MR) is 159 cm³/mol. The van der Waals surface area contributed by atoms with Gasteiger partial charge in [0, 0.05) is 40.1 Å². The van der Waals surface area contributed by atoms with Crippen molar-refractivity contribution in [2.24, 2.45) is 0 Å². The van der Waals surface area contributed by atoms with Crippen LogP contribution in [-0.2, 0) is 16.2 Å². The van der Waals surface area contributed by atoms with Crippen molar-refractivity contribution in [1.29, 1.82) is 0 Å². The molecule has 2 amide bonds. The van der Waals surface area contributed by atoms with Gasteiger partial charge in [0.15, 0.2) is 0 Å². The molecule has 15 heteroatoms. The fraction of sp³-hybridized carbons (Fsp3) is 0.103. The van der Waals surface area contributed by atoms with Crippen LogP contribution >= 0.6 is 11.8 Å². The number of carbonyl (C=O) groups excluding carboxylic acids is 2. The Labute approximate surface area is 253 Å². The summed E-state index contributed by atoms with van der Waals surface area (Å²) in [7, 11) is -4.51. The summed E-state index contributed by atoms with van der Waals surface area (Å²) in [6.45, 7) is 0.365. The summed E-state index contributed by atoms with van der Waals surface area (Å²) in [4.78, 5) is 36.5. The highest BCUT2D eigenvalue weighted by atomic mass is 32.2. The maximum atomic E-state index is 12.9. The lowest BCUT2D eigenvalue weighted by molar-refractivity contribution is -0.384. The molecule has 4 rings (SSSR count). The summed E-state index contributed by atoms with van der Waals surface area (Å²) in [5.74, 6) is -1.14. The number of nitrogens with one attached hydrogen (secondary N) is 3. The van der Waals surface area contributed by atoms with E-state index in [1.807, 2.05) is 35.1 Å². The van der Waals surface area contributed by atoms with Gasteiger partial charge in [0.05, 0.1) is 15.4 Å². The molecule has 4 aromatic rings. The molecular weight excluding hydrogens is 621 g/mol. The molecule has 0 saturated heterocycles. The van der Waals surface area contributed by atoms with Crippen molar-refractivity contribution in [3.8, 4) is 0 Å². The molecular formula is C29H23F3N4O6S2. The first-order valence-corrected chi connectivity index (χ1v) is 15.2. The second-order valence-electron chi connectivity index (χ2n) is 9.07. The van der Waals surface area contributed by atoms with E-state index in [1.54, 1.807) is 0 Å². The largest absolute Gasteiger partial charge is 0.416 e. The zero-order valence-corrected chi connectivity index (χ0v) is 24.1. The monoisotopic (exact) mass is 644 g/mol. The van der Waals surface area contributed by atoms with Crippen molar-refractivity contribution in [2.75, 3.05) is 22.9 Å². The van der Waals surface area contributed by atoms with Gasteiger partial charge in [-0.25, -0.2) is 13.1 Å². The van der Waals surface area contributed by atoms with E-state index in [0.29, 0.717) is 12.3 Å². The second-order valence-corrected chi connectivity index (χ2v) is 11.9. The average molecular weight is 645 g/mol. The molecule has 0 aliphatic rings. The standard InChI is InChI=1S/C29H23F3N4O6S2/c30-29(31,32)21-10-6-19(7-11-21)27(37)34-22-12-8-20(9-13-22)28(38)35-44(41,42)24-14-15-25(26(18-24)36(39)40)33-16-17-43-23-4-2-1-3-5-23/h1-15,18,33H,16-17H2,(H,34,37)(H,35,38). The highest BCUT2D eigenvalue weighted by Crippen LogP contribution is 2.30. The number of nitro groups is 1. The van der Waals surface area contributed by atoms with Crippen molar-refractivity contribution >= 4 is 50.7 Å². The molecule has 0 unspecified atom stereocenters. The number of rotatable bonds is 11. The molecule has 0 aromatic heterocycles. The first-order chi connectivity index (χ1) is 20.8. The van der Waals surface area contributed by atoms with Gasteiger partial charge in [0.1, 0.15) is 5.69 Å². The number of thioether (sulfide) groups is 1. The Bertz CT molecular complexity index is 1770. The van der Waals surface area contributed by atoms with E-state index in [9.17, 15) is 41.3 Å². The normalized spacial score (nSPS) is 11.4. The van der Waals surface area contributed by atoms with Gasteiger partial charge in [-0.1, -0.05) is 18.2 Å². The number of halogens is 3. The molecule has 228 valence electrons. The van der Waals surface area contributed by atoms with Crippen LogP contribution in [0.3, 0.4) is 0 Å². The Hall–Kier alpha value is -4.89. The lowest BCUT2D eigenvalue weighted by Gasteiger charge is -2.11. The minimum absolute atomic E-state index is 0.0349. The van der Waals surface area contributed by atoms with Crippen LogP contribution in [0.25, 0.3) is 0 Å². The van der Waals surface area contributed by atoms with E-state index >= 15 is 0 Å². The molecule has 4 aromatic carbocycles. The molecule has 10 nitrogen and oxygen atoms in total. The van der Waals surface area contributed by atoms with Gasteiger partial charge in [-0.3, -0.25) is 19.7 Å². The quantitative estimate of drug-likeness (QED) is 0.0758. The molecule has 0 spiro atoms. The minimum Gasteiger partial charge on any atom is -0.379 e. The smallest absolute Gasteiger partial charge is 0.379 e. The Morgan fingerprint density at radius 2 is 1.45 bits per heavy atom. The van der Waals surface area contributed by atoms with E-state index in [2.05, 4.69) is 10.6 Å². The van der Waals surface area contributed by atoms with Crippen LogP contribution in [-0.4, -0.2) is 37.5 Å². The van der Waals surface area contributed by atoms with Gasteiger partial charge >= 0.3 is 6.18 Å². The number of hydrogen-bond acceptors (Lipinski definition) is 8. The van der Waals surface area contributed by atoms with Crippen LogP contribution in [0.15, 0.2) is 107 Å².